The second kappa shape index (κ2) is 9.08. The van der Waals surface area contributed by atoms with E-state index in [2.05, 4.69) is 41.5 Å². The number of hydrogen-bond acceptors (Lipinski definition) is 7. The predicted molar refractivity (Wildman–Crippen MR) is 103 cm³/mol. The average Bonchev–Trinajstić information content (AvgIpc) is 3.12. The summed E-state index contributed by atoms with van der Waals surface area (Å²) in [7, 11) is 0. The molecule has 1 aromatic carbocycles. The number of rotatable bonds is 4. The molecule has 6 N–H and O–H groups in total. The summed E-state index contributed by atoms with van der Waals surface area (Å²) in [6.07, 6.45) is 2.54. The van der Waals surface area contributed by atoms with Gasteiger partial charge in [-0.25, -0.2) is 19.0 Å². The standard InChI is InChI=1S/C16H19BrFN7O3/c17-11-7-9(3-6-12(11)18)20-14(23-27)13-15(25-28-24-13)22-16(19)21-8-1-4-10(26)5-2-8/h3,6-8,10,26-27H,1-2,4-5H2,(H,20,23)(H3,19,21,22,25). The lowest BCUT2D eigenvalue weighted by atomic mass is 9.94. The SMILES string of the molecule is NC(=NC1CCC(O)CC1)Nc1nonc1C(=Nc1ccc(F)c(Br)c1)NO. The second-order valence-corrected chi connectivity index (χ2v) is 7.09. The zero-order valence-electron chi connectivity index (χ0n) is 14.6. The smallest absolute Gasteiger partial charge is 0.208 e. The highest BCUT2D eigenvalue weighted by Gasteiger charge is 2.21. The lowest BCUT2D eigenvalue weighted by Gasteiger charge is -2.22. The van der Waals surface area contributed by atoms with Crippen molar-refractivity contribution in [3.63, 3.8) is 0 Å². The minimum absolute atomic E-state index is 0.000111. The molecule has 1 aromatic heterocycles. The maximum atomic E-state index is 13.4. The summed E-state index contributed by atoms with van der Waals surface area (Å²) in [4.78, 5) is 8.53. The molecule has 150 valence electrons. The zero-order valence-corrected chi connectivity index (χ0v) is 16.2. The number of guanidine groups is 1. The van der Waals surface area contributed by atoms with Crippen molar-refractivity contribution in [3.8, 4) is 0 Å². The van der Waals surface area contributed by atoms with Gasteiger partial charge in [0.25, 0.3) is 0 Å². The Morgan fingerprint density at radius 2 is 2.04 bits per heavy atom. The number of nitrogens with one attached hydrogen (secondary N) is 2. The van der Waals surface area contributed by atoms with Crippen molar-refractivity contribution in [1.82, 2.24) is 15.8 Å². The maximum absolute atomic E-state index is 13.4. The molecule has 0 aliphatic heterocycles. The van der Waals surface area contributed by atoms with E-state index in [-0.39, 0.29) is 39.9 Å². The number of aliphatic hydroxyl groups excluding tert-OH is 1. The Labute approximate surface area is 167 Å². The number of amidine groups is 1. The van der Waals surface area contributed by atoms with Crippen LogP contribution >= 0.6 is 15.9 Å². The van der Waals surface area contributed by atoms with Gasteiger partial charge in [-0.3, -0.25) is 10.7 Å². The van der Waals surface area contributed by atoms with E-state index in [0.717, 1.165) is 12.8 Å². The molecule has 12 heteroatoms. The van der Waals surface area contributed by atoms with Crippen molar-refractivity contribution in [2.75, 3.05) is 5.32 Å². The molecule has 1 saturated carbocycles. The van der Waals surface area contributed by atoms with Crippen LogP contribution in [0.5, 0.6) is 0 Å². The van der Waals surface area contributed by atoms with Crippen LogP contribution < -0.4 is 16.5 Å². The van der Waals surface area contributed by atoms with E-state index in [9.17, 15) is 14.7 Å². The minimum atomic E-state index is -0.442. The summed E-state index contributed by atoms with van der Waals surface area (Å²) in [6, 6.07) is 4.08. The Balaban J connectivity index is 1.77. The van der Waals surface area contributed by atoms with E-state index in [1.54, 1.807) is 0 Å². The van der Waals surface area contributed by atoms with Gasteiger partial charge in [-0.05, 0) is 70.1 Å². The number of aliphatic hydroxyl groups is 1. The third-order valence-electron chi connectivity index (χ3n) is 4.20. The van der Waals surface area contributed by atoms with E-state index in [1.165, 1.54) is 18.2 Å². The first-order valence-corrected chi connectivity index (χ1v) is 9.30. The number of anilines is 1. The van der Waals surface area contributed by atoms with Gasteiger partial charge in [0.15, 0.2) is 17.5 Å². The number of halogens is 2. The Kier molecular flexibility index (Phi) is 6.54. The normalized spacial score (nSPS) is 20.9. The lowest BCUT2D eigenvalue weighted by molar-refractivity contribution is 0.123. The van der Waals surface area contributed by atoms with Crippen molar-refractivity contribution < 1.29 is 19.3 Å². The van der Waals surface area contributed by atoms with E-state index >= 15 is 0 Å². The van der Waals surface area contributed by atoms with Crippen LogP contribution in [0.2, 0.25) is 0 Å². The Morgan fingerprint density at radius 1 is 1.29 bits per heavy atom. The fraction of sp³-hybridized carbons (Fsp3) is 0.375. The van der Waals surface area contributed by atoms with Gasteiger partial charge in [0.1, 0.15) is 5.82 Å². The molecular formula is C16H19BrFN7O3. The summed E-state index contributed by atoms with van der Waals surface area (Å²) in [5.41, 5.74) is 8.25. The van der Waals surface area contributed by atoms with Crippen molar-refractivity contribution in [2.45, 2.75) is 37.8 Å². The molecule has 1 heterocycles. The number of hydrogen-bond donors (Lipinski definition) is 5. The van der Waals surface area contributed by atoms with E-state index in [1.807, 2.05) is 5.48 Å². The molecule has 1 aliphatic carbocycles. The lowest BCUT2D eigenvalue weighted by Crippen LogP contribution is -2.29. The molecule has 2 aromatic rings. The Hall–Kier alpha value is -2.57. The van der Waals surface area contributed by atoms with Crippen molar-refractivity contribution >= 4 is 39.2 Å². The van der Waals surface area contributed by atoms with Crippen LogP contribution in [0.4, 0.5) is 15.9 Å². The molecule has 0 radical (unpaired) electrons. The Morgan fingerprint density at radius 3 is 2.71 bits per heavy atom. The molecule has 3 rings (SSSR count). The van der Waals surface area contributed by atoms with E-state index < -0.39 is 5.82 Å². The molecule has 0 saturated heterocycles. The zero-order chi connectivity index (χ0) is 20.1. The summed E-state index contributed by atoms with van der Waals surface area (Å²) >= 11 is 3.07. The first-order chi connectivity index (χ1) is 13.5. The molecule has 10 nitrogen and oxygen atoms in total. The molecule has 0 spiro atoms. The monoisotopic (exact) mass is 455 g/mol. The largest absolute Gasteiger partial charge is 0.393 e. The highest BCUT2D eigenvalue weighted by molar-refractivity contribution is 9.10. The summed E-state index contributed by atoms with van der Waals surface area (Å²) < 4.78 is 18.3. The van der Waals surface area contributed by atoms with Gasteiger partial charge in [-0.1, -0.05) is 0 Å². The fourth-order valence-corrected chi connectivity index (χ4v) is 3.14. The van der Waals surface area contributed by atoms with E-state index in [4.69, 9.17) is 10.4 Å². The quantitative estimate of drug-likeness (QED) is 0.266. The molecule has 0 atom stereocenters. The highest BCUT2D eigenvalue weighted by atomic mass is 79.9. The van der Waals surface area contributed by atoms with Gasteiger partial charge in [0.05, 0.1) is 22.3 Å². The fourth-order valence-electron chi connectivity index (χ4n) is 2.78. The summed E-state index contributed by atoms with van der Waals surface area (Å²) in [5.74, 6) is -0.336. The van der Waals surface area contributed by atoms with Gasteiger partial charge in [0.2, 0.25) is 5.82 Å². The number of nitrogens with two attached hydrogens (primary N) is 1. The summed E-state index contributed by atoms with van der Waals surface area (Å²) in [5, 5.41) is 29.2. The van der Waals surface area contributed by atoms with Crippen LogP contribution in [0.15, 0.2) is 37.3 Å². The van der Waals surface area contributed by atoms with Gasteiger partial charge < -0.3 is 16.2 Å². The third-order valence-corrected chi connectivity index (χ3v) is 4.80. The minimum Gasteiger partial charge on any atom is -0.393 e. The van der Waals surface area contributed by atoms with Crippen LogP contribution in [0.3, 0.4) is 0 Å². The van der Waals surface area contributed by atoms with Crippen molar-refractivity contribution in [2.24, 2.45) is 15.7 Å². The molecular weight excluding hydrogens is 437 g/mol. The van der Waals surface area contributed by atoms with Crippen LogP contribution in [0.25, 0.3) is 0 Å². The number of aliphatic imine (C=N–C) groups is 2. The number of benzene rings is 1. The number of nitrogens with zero attached hydrogens (tertiary/aromatic N) is 4. The second-order valence-electron chi connectivity index (χ2n) is 6.23. The van der Waals surface area contributed by atoms with Crippen LogP contribution in [-0.4, -0.2) is 44.6 Å². The van der Waals surface area contributed by atoms with E-state index in [0.29, 0.717) is 18.5 Å². The molecule has 0 amide bonds. The maximum Gasteiger partial charge on any atom is 0.208 e. The number of hydroxylamine groups is 1. The van der Waals surface area contributed by atoms with Gasteiger partial charge >= 0.3 is 0 Å². The first-order valence-electron chi connectivity index (χ1n) is 8.51. The van der Waals surface area contributed by atoms with Crippen LogP contribution in [0, 0.1) is 5.82 Å². The molecule has 1 aliphatic rings. The van der Waals surface area contributed by atoms with Crippen LogP contribution in [-0.2, 0) is 0 Å². The predicted octanol–water partition coefficient (Wildman–Crippen LogP) is 2.06. The third kappa shape index (κ3) is 5.03. The van der Waals surface area contributed by atoms with Crippen molar-refractivity contribution in [1.29, 1.82) is 0 Å². The topological polar surface area (TPSA) is 154 Å². The molecule has 28 heavy (non-hydrogen) atoms. The molecule has 0 unspecified atom stereocenters. The van der Waals surface area contributed by atoms with Gasteiger partial charge in [0, 0.05) is 0 Å². The Bertz CT molecular complexity index is 881. The van der Waals surface area contributed by atoms with Crippen molar-refractivity contribution in [3.05, 3.63) is 34.2 Å². The average molecular weight is 456 g/mol. The summed E-state index contributed by atoms with van der Waals surface area (Å²) in [6.45, 7) is 0. The highest BCUT2D eigenvalue weighted by Crippen LogP contribution is 2.24. The molecule has 0 bridgehead atoms. The number of aromatic nitrogens is 2. The first kappa shape index (κ1) is 20.2. The van der Waals surface area contributed by atoms with Gasteiger partial charge in [-0.15, -0.1) is 0 Å². The van der Waals surface area contributed by atoms with Crippen LogP contribution in [0.1, 0.15) is 31.4 Å². The van der Waals surface area contributed by atoms with Gasteiger partial charge in [-0.2, -0.15) is 0 Å². The molecule has 1 fully saturated rings.